The van der Waals surface area contributed by atoms with Crippen LogP contribution in [-0.4, -0.2) is 64.2 Å². The SMILES string of the molecule is CCNC(=NCC(=O)N(C)C)NCCOCc1ccc(OC)cc1. The molecule has 7 heteroatoms. The third-order valence-corrected chi connectivity index (χ3v) is 3.18. The van der Waals surface area contributed by atoms with Gasteiger partial charge in [0.1, 0.15) is 12.3 Å². The van der Waals surface area contributed by atoms with Crippen molar-refractivity contribution in [2.75, 3.05) is 47.4 Å². The Morgan fingerprint density at radius 2 is 1.92 bits per heavy atom. The summed E-state index contributed by atoms with van der Waals surface area (Å²) in [7, 11) is 5.07. The maximum Gasteiger partial charge on any atom is 0.243 e. The first-order valence-corrected chi connectivity index (χ1v) is 7.99. The summed E-state index contributed by atoms with van der Waals surface area (Å²) < 4.78 is 10.7. The van der Waals surface area contributed by atoms with E-state index in [1.165, 1.54) is 4.90 Å². The molecule has 0 aliphatic heterocycles. The predicted octanol–water partition coefficient (Wildman–Crippen LogP) is 0.855. The van der Waals surface area contributed by atoms with Crippen LogP contribution in [0.2, 0.25) is 0 Å². The summed E-state index contributed by atoms with van der Waals surface area (Å²) in [5.74, 6) is 1.41. The van der Waals surface area contributed by atoms with E-state index in [0.29, 0.717) is 25.7 Å². The molecule has 2 N–H and O–H groups in total. The van der Waals surface area contributed by atoms with Gasteiger partial charge in [-0.1, -0.05) is 12.1 Å². The number of ether oxygens (including phenoxy) is 2. The van der Waals surface area contributed by atoms with E-state index in [2.05, 4.69) is 15.6 Å². The summed E-state index contributed by atoms with van der Waals surface area (Å²) in [4.78, 5) is 17.3. The van der Waals surface area contributed by atoms with Crippen molar-refractivity contribution in [1.29, 1.82) is 0 Å². The highest BCUT2D eigenvalue weighted by Gasteiger charge is 2.03. The minimum atomic E-state index is -0.0389. The molecule has 0 aliphatic carbocycles. The van der Waals surface area contributed by atoms with Gasteiger partial charge in [0, 0.05) is 27.2 Å². The lowest BCUT2D eigenvalue weighted by atomic mass is 10.2. The maximum absolute atomic E-state index is 11.6. The molecule has 0 spiro atoms. The standard InChI is InChI=1S/C17H28N4O3/c1-5-18-17(20-12-16(22)21(2)3)19-10-11-24-13-14-6-8-15(23-4)9-7-14/h6-9H,5,10-13H2,1-4H3,(H2,18,19,20). The lowest BCUT2D eigenvalue weighted by Crippen LogP contribution is -2.39. The van der Waals surface area contributed by atoms with Gasteiger partial charge in [-0.2, -0.15) is 0 Å². The van der Waals surface area contributed by atoms with Crippen LogP contribution in [0.3, 0.4) is 0 Å². The molecule has 0 saturated carbocycles. The smallest absolute Gasteiger partial charge is 0.243 e. The maximum atomic E-state index is 11.6. The van der Waals surface area contributed by atoms with Gasteiger partial charge in [0.25, 0.3) is 0 Å². The van der Waals surface area contributed by atoms with Crippen LogP contribution in [-0.2, 0) is 16.1 Å². The number of methoxy groups -OCH3 is 1. The van der Waals surface area contributed by atoms with Gasteiger partial charge in [0.2, 0.25) is 5.91 Å². The number of rotatable bonds is 9. The zero-order valence-corrected chi connectivity index (χ0v) is 15.0. The molecule has 0 atom stereocenters. The Balaban J connectivity index is 2.29. The molecule has 0 radical (unpaired) electrons. The average molecular weight is 336 g/mol. The number of guanidine groups is 1. The van der Waals surface area contributed by atoms with Crippen LogP contribution in [0.1, 0.15) is 12.5 Å². The van der Waals surface area contributed by atoms with Crippen LogP contribution < -0.4 is 15.4 Å². The van der Waals surface area contributed by atoms with Crippen LogP contribution in [0.5, 0.6) is 5.75 Å². The number of likely N-dealkylation sites (N-methyl/N-ethyl adjacent to an activating group) is 1. The van der Waals surface area contributed by atoms with E-state index < -0.39 is 0 Å². The Labute approximate surface area is 144 Å². The first-order chi connectivity index (χ1) is 11.6. The van der Waals surface area contributed by atoms with E-state index in [-0.39, 0.29) is 12.5 Å². The lowest BCUT2D eigenvalue weighted by Gasteiger charge is -2.13. The topological polar surface area (TPSA) is 75.2 Å². The summed E-state index contributed by atoms with van der Waals surface area (Å²) in [5.41, 5.74) is 1.09. The first-order valence-electron chi connectivity index (χ1n) is 7.99. The molecular weight excluding hydrogens is 308 g/mol. The molecular formula is C17H28N4O3. The Hall–Kier alpha value is -2.28. The summed E-state index contributed by atoms with van der Waals surface area (Å²) in [6.07, 6.45) is 0. The van der Waals surface area contributed by atoms with Gasteiger partial charge in [-0.25, -0.2) is 4.99 Å². The molecule has 0 bridgehead atoms. The number of amides is 1. The van der Waals surface area contributed by atoms with E-state index in [1.54, 1.807) is 21.2 Å². The first kappa shape index (κ1) is 19.8. The van der Waals surface area contributed by atoms with Gasteiger partial charge < -0.3 is 25.0 Å². The fourth-order valence-electron chi connectivity index (χ4n) is 1.78. The van der Waals surface area contributed by atoms with Crippen molar-refractivity contribution in [2.24, 2.45) is 4.99 Å². The highest BCUT2D eigenvalue weighted by atomic mass is 16.5. The van der Waals surface area contributed by atoms with Crippen molar-refractivity contribution >= 4 is 11.9 Å². The minimum Gasteiger partial charge on any atom is -0.497 e. The van der Waals surface area contributed by atoms with E-state index in [4.69, 9.17) is 9.47 Å². The van der Waals surface area contributed by atoms with Crippen molar-refractivity contribution in [1.82, 2.24) is 15.5 Å². The Bertz CT molecular complexity index is 515. The minimum absolute atomic E-state index is 0.0389. The van der Waals surface area contributed by atoms with Crippen molar-refractivity contribution in [3.8, 4) is 5.75 Å². The molecule has 0 unspecified atom stereocenters. The number of aliphatic imine (C=N–C) groups is 1. The fourth-order valence-corrected chi connectivity index (χ4v) is 1.78. The number of benzene rings is 1. The van der Waals surface area contributed by atoms with Gasteiger partial charge in [0.05, 0.1) is 20.3 Å². The highest BCUT2D eigenvalue weighted by Crippen LogP contribution is 2.11. The molecule has 1 rings (SSSR count). The molecule has 1 amide bonds. The van der Waals surface area contributed by atoms with Gasteiger partial charge in [-0.05, 0) is 24.6 Å². The van der Waals surface area contributed by atoms with Crippen molar-refractivity contribution in [2.45, 2.75) is 13.5 Å². The molecule has 0 saturated heterocycles. The zero-order valence-electron chi connectivity index (χ0n) is 15.0. The predicted molar refractivity (Wildman–Crippen MR) is 95.3 cm³/mol. The average Bonchev–Trinajstić information content (AvgIpc) is 2.59. The fraction of sp³-hybridized carbons (Fsp3) is 0.529. The van der Waals surface area contributed by atoms with E-state index in [1.807, 2.05) is 31.2 Å². The Kier molecular flexibility index (Phi) is 9.29. The van der Waals surface area contributed by atoms with E-state index >= 15 is 0 Å². The number of hydrogen-bond acceptors (Lipinski definition) is 4. The van der Waals surface area contributed by atoms with Gasteiger partial charge in [-0.15, -0.1) is 0 Å². The lowest BCUT2D eigenvalue weighted by molar-refractivity contribution is -0.127. The molecule has 1 aromatic rings. The van der Waals surface area contributed by atoms with E-state index in [0.717, 1.165) is 17.9 Å². The largest absolute Gasteiger partial charge is 0.497 e. The number of carbonyl (C=O) groups is 1. The number of hydrogen-bond donors (Lipinski definition) is 2. The van der Waals surface area contributed by atoms with Crippen LogP contribution in [0.4, 0.5) is 0 Å². The van der Waals surface area contributed by atoms with Crippen LogP contribution in [0.25, 0.3) is 0 Å². The summed E-state index contributed by atoms with van der Waals surface area (Å²) in [6.45, 7) is 4.52. The second-order valence-corrected chi connectivity index (χ2v) is 5.31. The third-order valence-electron chi connectivity index (χ3n) is 3.18. The Morgan fingerprint density at radius 1 is 1.21 bits per heavy atom. The van der Waals surface area contributed by atoms with E-state index in [9.17, 15) is 4.79 Å². The van der Waals surface area contributed by atoms with Crippen molar-refractivity contribution < 1.29 is 14.3 Å². The molecule has 0 aliphatic rings. The van der Waals surface area contributed by atoms with Gasteiger partial charge in [0.15, 0.2) is 5.96 Å². The van der Waals surface area contributed by atoms with Crippen molar-refractivity contribution in [3.05, 3.63) is 29.8 Å². The van der Waals surface area contributed by atoms with Crippen LogP contribution >= 0.6 is 0 Å². The monoisotopic (exact) mass is 336 g/mol. The molecule has 1 aromatic carbocycles. The molecule has 134 valence electrons. The second kappa shape index (κ2) is 11.3. The second-order valence-electron chi connectivity index (χ2n) is 5.31. The van der Waals surface area contributed by atoms with Gasteiger partial charge >= 0.3 is 0 Å². The molecule has 0 fully saturated rings. The Morgan fingerprint density at radius 3 is 2.50 bits per heavy atom. The normalized spacial score (nSPS) is 11.1. The van der Waals surface area contributed by atoms with Crippen LogP contribution in [0.15, 0.2) is 29.3 Å². The molecule has 0 heterocycles. The van der Waals surface area contributed by atoms with Crippen molar-refractivity contribution in [3.63, 3.8) is 0 Å². The number of carbonyl (C=O) groups excluding carboxylic acids is 1. The number of nitrogens with zero attached hydrogens (tertiary/aromatic N) is 2. The molecule has 7 nitrogen and oxygen atoms in total. The molecule has 24 heavy (non-hydrogen) atoms. The highest BCUT2D eigenvalue weighted by molar-refractivity contribution is 5.84. The summed E-state index contributed by atoms with van der Waals surface area (Å²) in [5, 5.41) is 6.24. The van der Waals surface area contributed by atoms with Crippen LogP contribution in [0, 0.1) is 0 Å². The summed E-state index contributed by atoms with van der Waals surface area (Å²) >= 11 is 0. The molecule has 0 aromatic heterocycles. The third kappa shape index (κ3) is 7.82. The number of nitrogens with one attached hydrogen (secondary N) is 2. The zero-order chi connectivity index (χ0) is 17.8. The quantitative estimate of drug-likeness (QED) is 0.397. The van der Waals surface area contributed by atoms with Gasteiger partial charge in [-0.3, -0.25) is 4.79 Å². The summed E-state index contributed by atoms with van der Waals surface area (Å²) in [6, 6.07) is 7.78.